The van der Waals surface area contributed by atoms with Crippen molar-refractivity contribution in [1.82, 2.24) is 57.1 Å². The molecule has 2 saturated heterocycles. The maximum Gasteiger partial charge on any atom is 0.325 e. The first-order chi connectivity index (χ1) is 35.4. The number of carbonyl (C=O) groups excluding carboxylic acids is 9. The second kappa shape index (κ2) is 26.4. The number of aliphatic imine (C=N–C) groups is 1. The van der Waals surface area contributed by atoms with Crippen LogP contribution in [-0.2, 0) is 57.6 Å². The van der Waals surface area contributed by atoms with Gasteiger partial charge in [0.05, 0.1) is 6.33 Å². The Morgan fingerprint density at radius 3 is 2.03 bits per heavy atom. The average molecular weight is 1060 g/mol. The lowest BCUT2D eigenvalue weighted by Gasteiger charge is -2.28. The van der Waals surface area contributed by atoms with E-state index < -0.39 is 102 Å². The first-order valence-corrected chi connectivity index (χ1v) is 26.5. The van der Waals surface area contributed by atoms with Crippen LogP contribution in [0.3, 0.4) is 0 Å². The third-order valence-corrected chi connectivity index (χ3v) is 15.0. The molecule has 2 aromatic carbocycles. The third kappa shape index (κ3) is 15.0. The number of nitrogens with two attached hydrogens (primary N) is 3. The Bertz CT molecular complexity index is 2680. The maximum absolute atomic E-state index is 14.6. The van der Waals surface area contributed by atoms with Gasteiger partial charge in [-0.2, -0.15) is 0 Å². The number of imide groups is 1. The zero-order valence-corrected chi connectivity index (χ0v) is 42.7. The van der Waals surface area contributed by atoms with Gasteiger partial charge in [0.1, 0.15) is 48.3 Å². The molecule has 24 nitrogen and oxygen atoms in total. The lowest BCUT2D eigenvalue weighted by atomic mass is 9.99. The fourth-order valence-corrected chi connectivity index (χ4v) is 10.6. The number of benzene rings is 2. The second-order valence-corrected chi connectivity index (χ2v) is 20.6. The van der Waals surface area contributed by atoms with Crippen LogP contribution >= 0.6 is 21.6 Å². The zero-order chi connectivity index (χ0) is 53.5. The topological polar surface area (TPSA) is 376 Å². The number of nitrogens with zero attached hydrogens (tertiary/aromatic N) is 3. The van der Waals surface area contributed by atoms with Crippen molar-refractivity contribution in [2.45, 2.75) is 108 Å². The molecule has 9 unspecified atom stereocenters. The molecule has 26 heteroatoms. The predicted molar refractivity (Wildman–Crippen MR) is 278 cm³/mol. The summed E-state index contributed by atoms with van der Waals surface area (Å²) in [5.41, 5.74) is 19.4. The molecule has 2 aromatic heterocycles. The van der Waals surface area contributed by atoms with E-state index in [2.05, 4.69) is 57.2 Å². The van der Waals surface area contributed by atoms with E-state index in [1.807, 2.05) is 25.1 Å². The molecule has 2 aliphatic heterocycles. The molecule has 9 atom stereocenters. The fourth-order valence-electron chi connectivity index (χ4n) is 8.27. The SMILES string of the molecule is CCC(C)C1NC(=O)N(C2CSSCC(C(N)=O)NC(=O)C(Cc3c[nH]c4ccccc34)NC(=O)C(CCCN=C(N)N)NC(=O)C(Cc3ccccc3)NC(=O)C(Cc3cnc[nH]3)NC(=O)C(C)NC2=O)C1=O. The number of imidazole rings is 1. The largest absolute Gasteiger partial charge is 0.370 e. The number of hydrogen-bond acceptors (Lipinski definition) is 13. The third-order valence-electron chi connectivity index (χ3n) is 12.6. The van der Waals surface area contributed by atoms with Crippen LogP contribution in [0.25, 0.3) is 10.9 Å². The van der Waals surface area contributed by atoms with Gasteiger partial charge >= 0.3 is 6.03 Å². The smallest absolute Gasteiger partial charge is 0.325 e. The summed E-state index contributed by atoms with van der Waals surface area (Å²) < 4.78 is 0. The molecule has 0 bridgehead atoms. The van der Waals surface area contributed by atoms with Crippen molar-refractivity contribution in [2.24, 2.45) is 28.1 Å². The Kier molecular flexibility index (Phi) is 19.9. The molecule has 4 aromatic rings. The number of urea groups is 1. The summed E-state index contributed by atoms with van der Waals surface area (Å²) in [7, 11) is 2.00. The van der Waals surface area contributed by atoms with Crippen LogP contribution in [0, 0.1) is 5.92 Å². The second-order valence-electron chi connectivity index (χ2n) is 18.0. The Balaban J connectivity index is 1.39. The molecule has 0 spiro atoms. The van der Waals surface area contributed by atoms with Crippen molar-refractivity contribution in [3.05, 3.63) is 90.1 Å². The molecule has 0 radical (unpaired) electrons. The van der Waals surface area contributed by atoms with Crippen molar-refractivity contribution < 1.29 is 43.2 Å². The van der Waals surface area contributed by atoms with Gasteiger partial charge in [0.15, 0.2) is 5.96 Å². The Morgan fingerprint density at radius 2 is 1.35 bits per heavy atom. The van der Waals surface area contributed by atoms with E-state index in [-0.39, 0.29) is 62.0 Å². The molecule has 15 N–H and O–H groups in total. The summed E-state index contributed by atoms with van der Waals surface area (Å²) in [6, 6.07) is 4.56. The highest BCUT2D eigenvalue weighted by atomic mass is 33.1. The predicted octanol–water partition coefficient (Wildman–Crippen LogP) is -0.883. The molecule has 4 heterocycles. The van der Waals surface area contributed by atoms with Gasteiger partial charge in [-0.3, -0.25) is 43.3 Å². The lowest BCUT2D eigenvalue weighted by Crippen LogP contribution is -2.60. The molecule has 0 saturated carbocycles. The summed E-state index contributed by atoms with van der Waals surface area (Å²) in [5.74, 6) is -7.46. The highest BCUT2D eigenvalue weighted by Gasteiger charge is 2.47. The molecule has 6 rings (SSSR count). The van der Waals surface area contributed by atoms with Gasteiger partial charge in [-0.05, 0) is 42.9 Å². The van der Waals surface area contributed by atoms with E-state index in [9.17, 15) is 43.2 Å². The summed E-state index contributed by atoms with van der Waals surface area (Å²) in [6.45, 7) is 5.04. The number of amides is 10. The Labute approximate surface area is 434 Å². The van der Waals surface area contributed by atoms with Gasteiger partial charge < -0.3 is 64.4 Å². The number of aromatic nitrogens is 3. The number of H-pyrrole nitrogens is 2. The fraction of sp³-hybridized carbons (Fsp3) is 0.438. The van der Waals surface area contributed by atoms with E-state index in [0.29, 0.717) is 23.2 Å². The molecular formula is C48H63N15O9S2. The van der Waals surface area contributed by atoms with E-state index >= 15 is 0 Å². The number of aromatic amines is 2. The quantitative estimate of drug-likeness (QED) is 0.0240. The highest BCUT2D eigenvalue weighted by Crippen LogP contribution is 2.28. The van der Waals surface area contributed by atoms with Gasteiger partial charge in [0.2, 0.25) is 41.4 Å². The molecule has 10 amide bonds. The summed E-state index contributed by atoms with van der Waals surface area (Å²) >= 11 is 0. The number of guanidine groups is 1. The molecule has 2 aliphatic rings. The lowest BCUT2D eigenvalue weighted by molar-refractivity contribution is -0.137. The number of fused-ring (bicyclic) bond motifs is 1. The van der Waals surface area contributed by atoms with Crippen LogP contribution in [0.2, 0.25) is 0 Å². The number of hydrogen-bond donors (Lipinski definition) is 12. The molecule has 0 aliphatic carbocycles. The zero-order valence-electron chi connectivity index (χ0n) is 41.1. The van der Waals surface area contributed by atoms with E-state index in [4.69, 9.17) is 17.2 Å². The number of rotatable bonds is 14. The minimum absolute atomic E-state index is 0.0500. The van der Waals surface area contributed by atoms with Crippen LogP contribution in [0.15, 0.2) is 78.3 Å². The van der Waals surface area contributed by atoms with Crippen molar-refractivity contribution in [3.63, 3.8) is 0 Å². The van der Waals surface area contributed by atoms with E-state index in [1.165, 1.54) is 19.4 Å². The van der Waals surface area contributed by atoms with Crippen molar-refractivity contribution in [2.75, 3.05) is 18.1 Å². The van der Waals surface area contributed by atoms with Crippen LogP contribution in [0.5, 0.6) is 0 Å². The van der Waals surface area contributed by atoms with Crippen molar-refractivity contribution in [3.8, 4) is 0 Å². The summed E-state index contributed by atoms with van der Waals surface area (Å²) in [4.78, 5) is 142. The van der Waals surface area contributed by atoms with Gasteiger partial charge in [-0.25, -0.2) is 14.7 Å². The number of carbonyl (C=O) groups is 9. The average Bonchev–Trinajstić information content (AvgIpc) is 4.12. The van der Waals surface area contributed by atoms with Crippen LogP contribution in [-0.4, -0.2) is 145 Å². The maximum atomic E-state index is 14.6. The van der Waals surface area contributed by atoms with E-state index in [0.717, 1.165) is 37.4 Å². The van der Waals surface area contributed by atoms with Crippen LogP contribution in [0.1, 0.15) is 56.9 Å². The van der Waals surface area contributed by atoms with E-state index in [1.54, 1.807) is 49.5 Å². The van der Waals surface area contributed by atoms with Gasteiger partial charge in [0.25, 0.3) is 5.91 Å². The summed E-state index contributed by atoms with van der Waals surface area (Å²) in [5, 5.41) is 19.6. The first-order valence-electron chi connectivity index (χ1n) is 24.0. The molecule has 2 fully saturated rings. The van der Waals surface area contributed by atoms with Crippen LogP contribution < -0.4 is 54.4 Å². The minimum Gasteiger partial charge on any atom is -0.370 e. The molecule has 74 heavy (non-hydrogen) atoms. The number of primary amides is 1. The molecule has 396 valence electrons. The molecular weight excluding hydrogens is 995 g/mol. The van der Waals surface area contributed by atoms with Gasteiger partial charge in [0, 0.05) is 66.3 Å². The van der Waals surface area contributed by atoms with Crippen molar-refractivity contribution >= 4 is 91.7 Å². The van der Waals surface area contributed by atoms with Gasteiger partial charge in [-0.1, -0.05) is 90.4 Å². The Morgan fingerprint density at radius 1 is 0.730 bits per heavy atom. The first kappa shape index (κ1) is 55.7. The highest BCUT2D eigenvalue weighted by molar-refractivity contribution is 8.76. The number of para-hydroxylation sites is 1. The monoisotopic (exact) mass is 1060 g/mol. The normalized spacial score (nSPS) is 24.6. The van der Waals surface area contributed by atoms with Crippen LogP contribution in [0.4, 0.5) is 4.79 Å². The Hall–Kier alpha value is -7.61. The van der Waals surface area contributed by atoms with Gasteiger partial charge in [-0.15, -0.1) is 0 Å². The van der Waals surface area contributed by atoms with Crippen molar-refractivity contribution in [1.29, 1.82) is 0 Å². The standard InChI is InChI=1S/C48H63N15O9S2/c1-4-25(2)38-46(71)63(48(72)62-38)37-23-74-73-22-36(39(49)64)61-43(68)34(18-28-20-54-31-14-9-8-13-30(28)31)60-41(66)32(15-10-16-53-47(50)51)57-42(67)33(17-27-11-6-5-7-12-27)59-44(69)35(19-29-21-52-24-55-29)58-40(65)26(3)56-45(37)70/h5-9,11-14,20-21,24-26,32-38,54H,4,10,15-19,22-23H2,1-3H3,(H2,49,64)(H,52,55)(H,56,70)(H,57,67)(H,58,65)(H,59,69)(H,60,66)(H,61,68)(H,62,72)(H4,50,51,53). The summed E-state index contributed by atoms with van der Waals surface area (Å²) in [6.07, 6.45) is 4.81. The number of nitrogens with one attached hydrogen (secondary N) is 9. The minimum atomic E-state index is -1.49.